The number of hydrogen-bond acceptors (Lipinski definition) is 4. The third kappa shape index (κ3) is 5.13. The van der Waals surface area contributed by atoms with E-state index in [4.69, 9.17) is 0 Å². The van der Waals surface area contributed by atoms with Gasteiger partial charge < -0.3 is 4.90 Å². The van der Waals surface area contributed by atoms with Crippen molar-refractivity contribution < 1.29 is 14.4 Å². The number of ketones is 2. The summed E-state index contributed by atoms with van der Waals surface area (Å²) in [6, 6.07) is 9.09. The summed E-state index contributed by atoms with van der Waals surface area (Å²) >= 11 is 0. The van der Waals surface area contributed by atoms with Crippen molar-refractivity contribution in [3.8, 4) is 0 Å². The van der Waals surface area contributed by atoms with E-state index in [1.54, 1.807) is 13.8 Å². The van der Waals surface area contributed by atoms with Crippen molar-refractivity contribution in [2.24, 2.45) is 5.92 Å². The van der Waals surface area contributed by atoms with Gasteiger partial charge >= 0.3 is 0 Å². The summed E-state index contributed by atoms with van der Waals surface area (Å²) in [4.78, 5) is 39.7. The average Bonchev–Trinajstić information content (AvgIpc) is 3.10. The summed E-state index contributed by atoms with van der Waals surface area (Å²) in [5, 5.41) is 3.27. The van der Waals surface area contributed by atoms with Gasteiger partial charge in [0, 0.05) is 6.04 Å². The van der Waals surface area contributed by atoms with E-state index in [0.29, 0.717) is 12.3 Å². The van der Waals surface area contributed by atoms with Gasteiger partial charge in [0.25, 0.3) is 0 Å². The van der Waals surface area contributed by atoms with Crippen LogP contribution in [0.3, 0.4) is 0 Å². The van der Waals surface area contributed by atoms with Gasteiger partial charge in [-0.1, -0.05) is 43.2 Å². The molecule has 3 rings (SSSR count). The molecule has 0 spiro atoms. The Balaban J connectivity index is 1.66. The van der Waals surface area contributed by atoms with Crippen LogP contribution < -0.4 is 5.32 Å². The minimum absolute atomic E-state index is 0.0365. The van der Waals surface area contributed by atoms with Crippen LogP contribution in [0, 0.1) is 5.92 Å². The molecule has 0 bridgehead atoms. The van der Waals surface area contributed by atoms with Crippen LogP contribution in [-0.2, 0) is 20.8 Å². The summed E-state index contributed by atoms with van der Waals surface area (Å²) in [5.74, 6) is 0.522. The van der Waals surface area contributed by atoms with Crippen LogP contribution >= 0.6 is 0 Å². The van der Waals surface area contributed by atoms with Crippen molar-refractivity contribution in [1.82, 2.24) is 10.2 Å². The molecule has 5 nitrogen and oxygen atoms in total. The first-order chi connectivity index (χ1) is 13.9. The lowest BCUT2D eigenvalue weighted by atomic mass is 9.84. The Hall–Kier alpha value is -2.01. The number of amides is 1. The summed E-state index contributed by atoms with van der Waals surface area (Å²) in [6.45, 7) is 5.00. The smallest absolute Gasteiger partial charge is 0.240 e. The van der Waals surface area contributed by atoms with Gasteiger partial charge in [-0.15, -0.1) is 0 Å². The van der Waals surface area contributed by atoms with Crippen LogP contribution in [0.25, 0.3) is 0 Å². The maximum Gasteiger partial charge on any atom is 0.240 e. The lowest BCUT2D eigenvalue weighted by molar-refractivity contribution is -0.141. The van der Waals surface area contributed by atoms with E-state index < -0.39 is 6.04 Å². The third-order valence-electron chi connectivity index (χ3n) is 6.69. The first kappa shape index (κ1) is 21.7. The number of benzene rings is 1. The van der Waals surface area contributed by atoms with Crippen molar-refractivity contribution in [3.05, 3.63) is 35.9 Å². The van der Waals surface area contributed by atoms with E-state index in [-0.39, 0.29) is 35.6 Å². The van der Waals surface area contributed by atoms with Gasteiger partial charge in [0.2, 0.25) is 5.91 Å². The van der Waals surface area contributed by atoms with Gasteiger partial charge in [-0.25, -0.2) is 0 Å². The van der Waals surface area contributed by atoms with E-state index in [0.717, 1.165) is 32.1 Å². The third-order valence-corrected chi connectivity index (χ3v) is 6.69. The lowest BCUT2D eigenvalue weighted by Crippen LogP contribution is -2.55. The zero-order valence-electron chi connectivity index (χ0n) is 17.9. The zero-order valence-corrected chi connectivity index (χ0v) is 17.9. The van der Waals surface area contributed by atoms with Crippen LogP contribution in [0.1, 0.15) is 64.9 Å². The molecule has 0 aromatic heterocycles. The number of fused-ring (bicyclic) bond motifs is 1. The van der Waals surface area contributed by atoms with Crippen LogP contribution in [-0.4, -0.2) is 46.5 Å². The number of hydrogen-bond donors (Lipinski definition) is 1. The summed E-state index contributed by atoms with van der Waals surface area (Å²) < 4.78 is 0. The standard InChI is InChI=1S/C24H34N2O3/c1-16(25-21(17(2)27)14-13-19-9-5-4-6-10-19)24(29)26-22-12-8-7-11-20(22)15-23(26)18(3)28/h4-6,9-10,16,20-23,25H,7-8,11-15H2,1-3H3/t16-,20+,21-,22-,23-/m0/s1. The van der Waals surface area contributed by atoms with Crippen molar-refractivity contribution in [1.29, 1.82) is 0 Å². The maximum atomic E-state index is 13.3. The summed E-state index contributed by atoms with van der Waals surface area (Å²) in [5.41, 5.74) is 1.18. The number of rotatable bonds is 8. The molecule has 5 heteroatoms. The van der Waals surface area contributed by atoms with Crippen LogP contribution in [0.4, 0.5) is 0 Å². The number of carbonyl (C=O) groups excluding carboxylic acids is 3. The first-order valence-electron chi connectivity index (χ1n) is 11.0. The number of carbonyl (C=O) groups is 3. The molecule has 1 amide bonds. The molecule has 2 fully saturated rings. The minimum Gasteiger partial charge on any atom is -0.328 e. The Morgan fingerprint density at radius 3 is 2.45 bits per heavy atom. The second-order valence-corrected chi connectivity index (χ2v) is 8.80. The quantitative estimate of drug-likeness (QED) is 0.730. The van der Waals surface area contributed by atoms with Gasteiger partial charge in [-0.3, -0.25) is 19.7 Å². The number of nitrogens with one attached hydrogen (secondary N) is 1. The molecule has 1 saturated heterocycles. The Labute approximate surface area is 174 Å². The highest BCUT2D eigenvalue weighted by atomic mass is 16.2. The number of aryl methyl sites for hydroxylation is 1. The highest BCUT2D eigenvalue weighted by molar-refractivity contribution is 5.91. The van der Waals surface area contributed by atoms with Gasteiger partial charge in [-0.2, -0.15) is 0 Å². The van der Waals surface area contributed by atoms with E-state index in [2.05, 4.69) is 17.4 Å². The molecule has 1 aliphatic carbocycles. The molecule has 158 valence electrons. The summed E-state index contributed by atoms with van der Waals surface area (Å²) in [7, 11) is 0. The Bertz CT molecular complexity index is 733. The first-order valence-corrected chi connectivity index (χ1v) is 11.0. The van der Waals surface area contributed by atoms with Gasteiger partial charge in [-0.05, 0) is 64.4 Å². The normalized spacial score (nSPS) is 25.9. The van der Waals surface area contributed by atoms with E-state index in [1.807, 2.05) is 30.0 Å². The van der Waals surface area contributed by atoms with E-state index in [1.165, 1.54) is 12.0 Å². The van der Waals surface area contributed by atoms with Gasteiger partial charge in [0.05, 0.1) is 18.1 Å². The predicted octanol–water partition coefficient (Wildman–Crippen LogP) is 3.30. The fraction of sp³-hybridized carbons (Fsp3) is 0.625. The Morgan fingerprint density at radius 2 is 1.79 bits per heavy atom. The molecule has 5 atom stereocenters. The molecule has 2 aliphatic rings. The molecule has 1 aromatic carbocycles. The van der Waals surface area contributed by atoms with Gasteiger partial charge in [0.1, 0.15) is 5.78 Å². The maximum absolute atomic E-state index is 13.3. The highest BCUT2D eigenvalue weighted by Crippen LogP contribution is 2.40. The average molecular weight is 399 g/mol. The topological polar surface area (TPSA) is 66.5 Å². The molecule has 1 aromatic rings. The van der Waals surface area contributed by atoms with Crippen LogP contribution in [0.15, 0.2) is 30.3 Å². The Kier molecular flexibility index (Phi) is 7.23. The Morgan fingerprint density at radius 1 is 1.10 bits per heavy atom. The molecule has 1 heterocycles. The van der Waals surface area contributed by atoms with Gasteiger partial charge in [0.15, 0.2) is 5.78 Å². The van der Waals surface area contributed by atoms with Crippen molar-refractivity contribution in [2.45, 2.75) is 89.9 Å². The van der Waals surface area contributed by atoms with Crippen molar-refractivity contribution in [2.75, 3.05) is 0 Å². The molecule has 1 saturated carbocycles. The van der Waals surface area contributed by atoms with Crippen molar-refractivity contribution >= 4 is 17.5 Å². The fourth-order valence-electron chi connectivity index (χ4n) is 5.10. The lowest BCUT2D eigenvalue weighted by Gasteiger charge is -2.35. The number of Topliss-reactive ketones (excluding diaryl/α,β-unsaturated/α-hetero) is 2. The fourth-order valence-corrected chi connectivity index (χ4v) is 5.10. The van der Waals surface area contributed by atoms with Crippen LogP contribution in [0.5, 0.6) is 0 Å². The molecule has 0 radical (unpaired) electrons. The molecule has 1 N–H and O–H groups in total. The van der Waals surface area contributed by atoms with E-state index >= 15 is 0 Å². The van der Waals surface area contributed by atoms with Crippen molar-refractivity contribution in [3.63, 3.8) is 0 Å². The molecule has 0 unspecified atom stereocenters. The number of nitrogens with zero attached hydrogens (tertiary/aromatic N) is 1. The largest absolute Gasteiger partial charge is 0.328 e. The molecule has 1 aliphatic heterocycles. The second kappa shape index (κ2) is 9.66. The van der Waals surface area contributed by atoms with Crippen LogP contribution in [0.2, 0.25) is 0 Å². The zero-order chi connectivity index (χ0) is 21.0. The highest BCUT2D eigenvalue weighted by Gasteiger charge is 2.47. The molecular weight excluding hydrogens is 364 g/mol. The minimum atomic E-state index is -0.484. The monoisotopic (exact) mass is 398 g/mol. The molecular formula is C24H34N2O3. The van der Waals surface area contributed by atoms with E-state index in [9.17, 15) is 14.4 Å². The number of likely N-dealkylation sites (tertiary alicyclic amines) is 1. The predicted molar refractivity (Wildman–Crippen MR) is 114 cm³/mol. The summed E-state index contributed by atoms with van der Waals surface area (Å²) in [6.07, 6.45) is 6.62. The second-order valence-electron chi connectivity index (χ2n) is 8.80. The SMILES string of the molecule is CC(=O)[C@H](CCc1ccccc1)N[C@@H](C)C(=O)N1[C@H](C(C)=O)C[C@H]2CCCC[C@@H]21. The molecule has 29 heavy (non-hydrogen) atoms.